The monoisotopic (exact) mass is 730 g/mol. The number of fused-ring (bicyclic) bond motifs is 8. The molecule has 6 heterocycles. The van der Waals surface area contributed by atoms with E-state index in [1.807, 2.05) is 0 Å². The number of nitrogens with one attached hydrogen (secondary N) is 2. The van der Waals surface area contributed by atoms with Crippen molar-refractivity contribution in [3.8, 4) is 44.5 Å². The summed E-state index contributed by atoms with van der Waals surface area (Å²) in [5, 5.41) is 5.11. The van der Waals surface area contributed by atoms with Gasteiger partial charge in [0.1, 0.15) is 0 Å². The Labute approximate surface area is 328 Å². The van der Waals surface area contributed by atoms with Crippen molar-refractivity contribution in [1.82, 2.24) is 29.7 Å². The molecule has 2 N–H and O–H groups in total. The molecule has 0 aliphatic carbocycles. The number of aryl methyl sites for hydroxylation is 4. The summed E-state index contributed by atoms with van der Waals surface area (Å²) in [5.74, 6) is 0. The molecule has 56 heavy (non-hydrogen) atoms. The fourth-order valence-electron chi connectivity index (χ4n) is 8.20. The highest BCUT2D eigenvalue weighted by Gasteiger charge is 2.25. The van der Waals surface area contributed by atoms with Crippen LogP contribution in [0.25, 0.3) is 90.9 Å². The molecule has 0 saturated heterocycles. The first kappa shape index (κ1) is 35.2. The molecule has 4 aromatic heterocycles. The summed E-state index contributed by atoms with van der Waals surface area (Å²) in [6.07, 6.45) is 8.63. The third kappa shape index (κ3) is 6.12. The van der Waals surface area contributed by atoms with E-state index >= 15 is 0 Å². The second-order valence-electron chi connectivity index (χ2n) is 16.2. The summed E-state index contributed by atoms with van der Waals surface area (Å²) in [5.41, 5.74) is 21.5. The molecule has 2 aliphatic heterocycles. The Kier molecular flexibility index (Phi) is 8.39. The Morgan fingerprint density at radius 3 is 1.05 bits per heavy atom. The number of H-pyrrole nitrogens is 2. The first-order chi connectivity index (χ1) is 26.9. The first-order valence-electron chi connectivity index (χ1n) is 19.4. The van der Waals surface area contributed by atoms with E-state index < -0.39 is 0 Å². The van der Waals surface area contributed by atoms with Gasteiger partial charge in [-0.25, -0.2) is 9.97 Å². The minimum Gasteiger partial charge on any atom is -0.354 e. The Bertz CT molecular complexity index is 2860. The lowest BCUT2D eigenvalue weighted by atomic mass is 10.0. The Hall–Kier alpha value is -6.53. The quantitative estimate of drug-likeness (QED) is 0.189. The lowest BCUT2D eigenvalue weighted by Crippen LogP contribution is -2.24. The average Bonchev–Trinajstić information content (AvgIpc) is 4.03. The van der Waals surface area contributed by atoms with Crippen molar-refractivity contribution in [2.45, 2.75) is 60.9 Å². The molecule has 3 aromatic carbocycles. The SMILES string of the molecule is Cc1ccc(-c2c3nc(c(-c4ccc(C)cc4)c4ccc([nH]4)c(-c4c(C)nn(C(C)(C)C)c4C)c4nc(c(-c5ccc(C)cc5)c5ccc2[nH]5)C=C4)C=C3)cc1. The molecule has 0 unspecified atom stereocenters. The molecule has 0 saturated carbocycles. The Balaban J connectivity index is 1.48. The Morgan fingerprint density at radius 2 is 0.732 bits per heavy atom. The predicted molar refractivity (Wildman–Crippen MR) is 235 cm³/mol. The van der Waals surface area contributed by atoms with E-state index in [9.17, 15) is 0 Å². The average molecular weight is 731 g/mol. The van der Waals surface area contributed by atoms with Crippen LogP contribution in [0.15, 0.2) is 97.1 Å². The van der Waals surface area contributed by atoms with E-state index in [1.54, 1.807) is 0 Å². The number of benzene rings is 3. The molecule has 276 valence electrons. The first-order valence-corrected chi connectivity index (χ1v) is 19.4. The minimum atomic E-state index is -0.197. The van der Waals surface area contributed by atoms with Gasteiger partial charge in [0.15, 0.2) is 0 Å². The summed E-state index contributed by atoms with van der Waals surface area (Å²) >= 11 is 0. The Morgan fingerprint density at radius 1 is 0.411 bits per heavy atom. The number of hydrogen-bond donors (Lipinski definition) is 2. The highest BCUT2D eigenvalue weighted by atomic mass is 15.3. The molecule has 0 amide bonds. The molecule has 9 rings (SSSR count). The molecule has 7 aromatic rings. The summed E-state index contributed by atoms with van der Waals surface area (Å²) in [6.45, 7) is 17.2. The number of hydrogen-bond acceptors (Lipinski definition) is 3. The van der Waals surface area contributed by atoms with Gasteiger partial charge in [-0.05, 0) is 121 Å². The molecule has 6 nitrogen and oxygen atoms in total. The molecule has 0 fully saturated rings. The summed E-state index contributed by atoms with van der Waals surface area (Å²) in [4.78, 5) is 18.7. The number of aromatic amines is 2. The van der Waals surface area contributed by atoms with Crippen molar-refractivity contribution in [2.75, 3.05) is 0 Å². The predicted octanol–water partition coefficient (Wildman–Crippen LogP) is 12.8. The maximum atomic E-state index is 5.51. The molecule has 8 bridgehead atoms. The van der Waals surface area contributed by atoms with Crippen molar-refractivity contribution in [3.05, 3.63) is 148 Å². The zero-order valence-corrected chi connectivity index (χ0v) is 33.3. The van der Waals surface area contributed by atoms with Gasteiger partial charge < -0.3 is 9.97 Å². The van der Waals surface area contributed by atoms with Gasteiger partial charge in [0.05, 0.1) is 34.0 Å². The second-order valence-corrected chi connectivity index (χ2v) is 16.2. The highest BCUT2D eigenvalue weighted by Crippen LogP contribution is 2.40. The maximum Gasteiger partial charge on any atom is 0.0738 e. The van der Waals surface area contributed by atoms with Gasteiger partial charge in [-0.1, -0.05) is 89.5 Å². The summed E-state index contributed by atoms with van der Waals surface area (Å²) < 4.78 is 2.14. The van der Waals surface area contributed by atoms with Crippen LogP contribution < -0.4 is 0 Å². The maximum absolute atomic E-state index is 5.51. The van der Waals surface area contributed by atoms with Crippen LogP contribution in [0.3, 0.4) is 0 Å². The van der Waals surface area contributed by atoms with Gasteiger partial charge in [-0.15, -0.1) is 0 Å². The minimum absolute atomic E-state index is 0.197. The number of nitrogens with zero attached hydrogens (tertiary/aromatic N) is 4. The van der Waals surface area contributed by atoms with Crippen LogP contribution in [0.2, 0.25) is 0 Å². The molecular weight excluding hydrogens is 685 g/mol. The second kappa shape index (κ2) is 13.3. The van der Waals surface area contributed by atoms with Crippen LogP contribution in [0.4, 0.5) is 0 Å². The lowest BCUT2D eigenvalue weighted by Gasteiger charge is -2.21. The van der Waals surface area contributed by atoms with Gasteiger partial charge in [0.2, 0.25) is 0 Å². The fraction of sp³-hybridized carbons (Fsp3) is 0.180. The van der Waals surface area contributed by atoms with Crippen LogP contribution in [-0.2, 0) is 5.54 Å². The van der Waals surface area contributed by atoms with Crippen molar-refractivity contribution < 1.29 is 0 Å². The number of aromatic nitrogens is 6. The molecule has 0 spiro atoms. The molecular formula is C50H46N6. The van der Waals surface area contributed by atoms with Gasteiger partial charge in [-0.3, -0.25) is 4.68 Å². The smallest absolute Gasteiger partial charge is 0.0738 e. The van der Waals surface area contributed by atoms with Gasteiger partial charge in [0.25, 0.3) is 0 Å². The van der Waals surface area contributed by atoms with E-state index in [2.05, 4.69) is 191 Å². The van der Waals surface area contributed by atoms with Crippen molar-refractivity contribution in [2.24, 2.45) is 0 Å². The van der Waals surface area contributed by atoms with Crippen LogP contribution in [0, 0.1) is 34.6 Å². The highest BCUT2D eigenvalue weighted by molar-refractivity contribution is 6.00. The van der Waals surface area contributed by atoms with Crippen molar-refractivity contribution in [1.29, 1.82) is 0 Å². The number of rotatable bonds is 4. The van der Waals surface area contributed by atoms with Crippen LogP contribution >= 0.6 is 0 Å². The van der Waals surface area contributed by atoms with Crippen molar-refractivity contribution in [3.63, 3.8) is 0 Å². The summed E-state index contributed by atoms with van der Waals surface area (Å²) in [7, 11) is 0. The van der Waals surface area contributed by atoms with E-state index in [-0.39, 0.29) is 5.54 Å². The van der Waals surface area contributed by atoms with E-state index in [1.165, 1.54) is 16.7 Å². The van der Waals surface area contributed by atoms with Crippen LogP contribution in [0.1, 0.15) is 71.6 Å². The van der Waals surface area contributed by atoms with Gasteiger partial charge >= 0.3 is 0 Å². The molecule has 0 radical (unpaired) electrons. The third-order valence-corrected chi connectivity index (χ3v) is 11.0. The zero-order valence-electron chi connectivity index (χ0n) is 33.3. The standard InChI is InChI=1S/C50H46N6/c1-29-9-15-34(16-10-29)46-37-21-23-39(51-37)47(35-17-11-30(2)12-18-35)41-25-27-43(53-41)49(45-32(4)55-56(33(45)5)50(6,7)8)44-28-26-42(54-44)48(40-24-22-38(46)52-40)36-19-13-31(3)14-20-36/h9-28,51,54H,1-8H3. The fourth-order valence-corrected chi connectivity index (χ4v) is 8.20. The van der Waals surface area contributed by atoms with E-state index in [0.717, 1.165) is 101 Å². The van der Waals surface area contributed by atoms with Crippen LogP contribution in [0.5, 0.6) is 0 Å². The lowest BCUT2D eigenvalue weighted by molar-refractivity contribution is 0.347. The molecule has 2 aliphatic rings. The van der Waals surface area contributed by atoms with Crippen molar-refractivity contribution >= 4 is 46.4 Å². The topological polar surface area (TPSA) is 75.2 Å². The molecule has 6 heteroatoms. The van der Waals surface area contributed by atoms with Gasteiger partial charge in [-0.2, -0.15) is 5.10 Å². The van der Waals surface area contributed by atoms with E-state index in [0.29, 0.717) is 0 Å². The normalized spacial score (nSPS) is 12.5. The third-order valence-electron chi connectivity index (χ3n) is 11.0. The van der Waals surface area contributed by atoms with Crippen LogP contribution in [-0.4, -0.2) is 29.7 Å². The molecule has 0 atom stereocenters. The van der Waals surface area contributed by atoms with E-state index in [4.69, 9.17) is 15.1 Å². The summed E-state index contributed by atoms with van der Waals surface area (Å²) in [6, 6.07) is 34.9. The largest absolute Gasteiger partial charge is 0.354 e. The van der Waals surface area contributed by atoms with Gasteiger partial charge in [0, 0.05) is 55.6 Å². The zero-order chi connectivity index (χ0) is 38.9.